The summed E-state index contributed by atoms with van der Waals surface area (Å²) < 4.78 is 54.0. The molecule has 7 heteroatoms. The van der Waals surface area contributed by atoms with Crippen LogP contribution in [0.2, 0.25) is 0 Å². The Kier molecular flexibility index (Phi) is 4.17. The van der Waals surface area contributed by atoms with E-state index in [1.807, 2.05) is 0 Å². The van der Waals surface area contributed by atoms with Gasteiger partial charge in [0.2, 0.25) is 5.91 Å². The fourth-order valence-corrected chi connectivity index (χ4v) is 2.57. The lowest BCUT2D eigenvalue weighted by Gasteiger charge is -2.13. The molecule has 1 N–H and O–H groups in total. The van der Waals surface area contributed by atoms with Crippen molar-refractivity contribution in [2.24, 2.45) is 5.92 Å². The highest BCUT2D eigenvalue weighted by atomic mass is 19.4. The lowest BCUT2D eigenvalue weighted by Crippen LogP contribution is -2.20. The maximum absolute atomic E-state index is 12.9. The van der Waals surface area contributed by atoms with Crippen molar-refractivity contribution in [3.8, 4) is 5.75 Å². The van der Waals surface area contributed by atoms with Crippen LogP contribution in [0.1, 0.15) is 17.9 Å². The minimum Gasteiger partial charge on any atom is -0.404 e. The van der Waals surface area contributed by atoms with Gasteiger partial charge in [-0.3, -0.25) is 4.79 Å². The largest absolute Gasteiger partial charge is 0.573 e. The van der Waals surface area contributed by atoms with Crippen LogP contribution in [0.5, 0.6) is 5.75 Å². The summed E-state index contributed by atoms with van der Waals surface area (Å²) in [6, 6.07) is 11.2. The van der Waals surface area contributed by atoms with Gasteiger partial charge in [0.15, 0.2) is 5.75 Å². The quantitative estimate of drug-likeness (QED) is 0.835. The van der Waals surface area contributed by atoms with Crippen LogP contribution in [0.15, 0.2) is 48.5 Å². The Morgan fingerprint density at radius 1 is 1.08 bits per heavy atom. The predicted octanol–water partition coefficient (Wildman–Crippen LogP) is 4.47. The van der Waals surface area contributed by atoms with Crippen molar-refractivity contribution in [1.29, 1.82) is 0 Å². The number of carbonyl (C=O) groups excluding carboxylic acids is 1. The van der Waals surface area contributed by atoms with Gasteiger partial charge in [0.25, 0.3) is 0 Å². The summed E-state index contributed by atoms with van der Waals surface area (Å²) in [6.07, 6.45) is -4.27. The molecule has 2 aromatic carbocycles. The second kappa shape index (κ2) is 6.14. The second-order valence-corrected chi connectivity index (χ2v) is 5.53. The number of amides is 1. The molecule has 1 aliphatic carbocycles. The number of para-hydroxylation sites is 2. The molecule has 0 heterocycles. The van der Waals surface area contributed by atoms with Crippen LogP contribution in [-0.4, -0.2) is 12.3 Å². The molecule has 1 saturated carbocycles. The fraction of sp³-hybridized carbons (Fsp3) is 0.235. The van der Waals surface area contributed by atoms with Gasteiger partial charge in [-0.2, -0.15) is 0 Å². The van der Waals surface area contributed by atoms with Gasteiger partial charge in [-0.05, 0) is 42.2 Å². The number of alkyl halides is 3. The third-order valence-electron chi connectivity index (χ3n) is 3.80. The molecule has 2 aromatic rings. The molecule has 0 bridgehead atoms. The topological polar surface area (TPSA) is 38.3 Å². The zero-order chi connectivity index (χ0) is 17.3. The number of anilines is 1. The van der Waals surface area contributed by atoms with Crippen LogP contribution in [0.3, 0.4) is 0 Å². The second-order valence-electron chi connectivity index (χ2n) is 5.53. The molecular weight excluding hydrogens is 326 g/mol. The molecule has 3 rings (SSSR count). The van der Waals surface area contributed by atoms with Crippen molar-refractivity contribution in [3.63, 3.8) is 0 Å². The Morgan fingerprint density at radius 3 is 2.42 bits per heavy atom. The minimum atomic E-state index is -4.84. The maximum Gasteiger partial charge on any atom is 0.573 e. The number of rotatable bonds is 4. The summed E-state index contributed by atoms with van der Waals surface area (Å²) in [5.74, 6) is -1.62. The Morgan fingerprint density at radius 2 is 1.75 bits per heavy atom. The summed E-state index contributed by atoms with van der Waals surface area (Å²) in [7, 11) is 0. The Bertz CT molecular complexity index is 743. The standard InChI is InChI=1S/C17H13F4NO2/c18-11-7-5-10(6-8-11)12-9-13(12)16(23)22-14-3-1-2-4-15(14)24-17(19,20)21/h1-8,12-13H,9H2,(H,22,23). The van der Waals surface area contributed by atoms with E-state index in [4.69, 9.17) is 0 Å². The summed E-state index contributed by atoms with van der Waals surface area (Å²) in [6.45, 7) is 0. The molecule has 0 saturated heterocycles. The zero-order valence-electron chi connectivity index (χ0n) is 12.3. The lowest BCUT2D eigenvalue weighted by atomic mass is 10.1. The summed E-state index contributed by atoms with van der Waals surface area (Å²) >= 11 is 0. The number of hydrogen-bond acceptors (Lipinski definition) is 2. The van der Waals surface area contributed by atoms with Gasteiger partial charge in [0.05, 0.1) is 5.69 Å². The van der Waals surface area contributed by atoms with Gasteiger partial charge in [0, 0.05) is 5.92 Å². The van der Waals surface area contributed by atoms with Crippen molar-refractivity contribution >= 4 is 11.6 Å². The molecule has 24 heavy (non-hydrogen) atoms. The van der Waals surface area contributed by atoms with E-state index in [2.05, 4.69) is 10.1 Å². The molecule has 3 nitrogen and oxygen atoms in total. The highest BCUT2D eigenvalue weighted by Gasteiger charge is 2.44. The highest BCUT2D eigenvalue weighted by Crippen LogP contribution is 2.48. The Hall–Kier alpha value is -2.57. The third-order valence-corrected chi connectivity index (χ3v) is 3.80. The normalized spacial score (nSPS) is 19.7. The van der Waals surface area contributed by atoms with E-state index >= 15 is 0 Å². The molecule has 0 aromatic heterocycles. The number of carbonyl (C=O) groups is 1. The van der Waals surface area contributed by atoms with E-state index in [-0.39, 0.29) is 29.2 Å². The molecule has 0 radical (unpaired) electrons. The molecule has 0 aliphatic heterocycles. The van der Waals surface area contributed by atoms with Crippen LogP contribution < -0.4 is 10.1 Å². The van der Waals surface area contributed by atoms with Crippen LogP contribution in [0.25, 0.3) is 0 Å². The molecule has 126 valence electrons. The van der Waals surface area contributed by atoms with Gasteiger partial charge in [-0.1, -0.05) is 24.3 Å². The Balaban J connectivity index is 1.67. The number of benzene rings is 2. The smallest absolute Gasteiger partial charge is 0.404 e. The highest BCUT2D eigenvalue weighted by molar-refractivity contribution is 5.96. The molecule has 1 amide bonds. The van der Waals surface area contributed by atoms with Crippen molar-refractivity contribution < 1.29 is 27.1 Å². The summed E-state index contributed by atoms with van der Waals surface area (Å²) in [4.78, 5) is 12.2. The molecule has 2 unspecified atom stereocenters. The van der Waals surface area contributed by atoms with E-state index in [1.54, 1.807) is 12.1 Å². The van der Waals surface area contributed by atoms with Crippen molar-refractivity contribution in [3.05, 3.63) is 59.9 Å². The van der Waals surface area contributed by atoms with E-state index in [0.717, 1.165) is 11.6 Å². The zero-order valence-corrected chi connectivity index (χ0v) is 12.3. The molecule has 1 fully saturated rings. The molecule has 0 spiro atoms. The first-order valence-electron chi connectivity index (χ1n) is 7.24. The van der Waals surface area contributed by atoms with E-state index in [1.165, 1.54) is 30.3 Å². The Labute approximate surface area is 135 Å². The van der Waals surface area contributed by atoms with Crippen LogP contribution in [0, 0.1) is 11.7 Å². The van der Waals surface area contributed by atoms with Gasteiger partial charge >= 0.3 is 6.36 Å². The lowest BCUT2D eigenvalue weighted by molar-refractivity contribution is -0.274. The first kappa shape index (κ1) is 16.3. The van der Waals surface area contributed by atoms with Crippen molar-refractivity contribution in [2.45, 2.75) is 18.7 Å². The number of hydrogen-bond donors (Lipinski definition) is 1. The molecule has 1 aliphatic rings. The maximum atomic E-state index is 12.9. The summed E-state index contributed by atoms with van der Waals surface area (Å²) in [5, 5.41) is 2.47. The van der Waals surface area contributed by atoms with Crippen molar-refractivity contribution in [2.75, 3.05) is 5.32 Å². The van der Waals surface area contributed by atoms with Gasteiger partial charge < -0.3 is 10.1 Å². The predicted molar refractivity (Wildman–Crippen MR) is 79.0 cm³/mol. The van der Waals surface area contributed by atoms with Crippen LogP contribution in [0.4, 0.5) is 23.2 Å². The van der Waals surface area contributed by atoms with Gasteiger partial charge in [-0.25, -0.2) is 4.39 Å². The third kappa shape index (κ3) is 3.84. The van der Waals surface area contributed by atoms with Crippen LogP contribution >= 0.6 is 0 Å². The first-order chi connectivity index (χ1) is 11.3. The monoisotopic (exact) mass is 339 g/mol. The SMILES string of the molecule is O=C(Nc1ccccc1OC(F)(F)F)C1CC1c1ccc(F)cc1. The average Bonchev–Trinajstić information content (AvgIpc) is 3.29. The number of nitrogens with one attached hydrogen (secondary N) is 1. The van der Waals surface area contributed by atoms with Crippen molar-refractivity contribution in [1.82, 2.24) is 0 Å². The minimum absolute atomic E-state index is 0.0374. The van der Waals surface area contributed by atoms with Gasteiger partial charge in [-0.15, -0.1) is 13.2 Å². The van der Waals surface area contributed by atoms with E-state index in [9.17, 15) is 22.4 Å². The van der Waals surface area contributed by atoms with Gasteiger partial charge in [0.1, 0.15) is 5.82 Å². The van der Waals surface area contributed by atoms with Crippen LogP contribution in [-0.2, 0) is 4.79 Å². The number of ether oxygens (including phenoxy) is 1. The van der Waals surface area contributed by atoms with E-state index < -0.39 is 12.1 Å². The first-order valence-corrected chi connectivity index (χ1v) is 7.24. The molecular formula is C17H13F4NO2. The number of halogens is 4. The summed E-state index contributed by atoms with van der Waals surface area (Å²) in [5.41, 5.74) is 0.793. The fourth-order valence-electron chi connectivity index (χ4n) is 2.57. The van der Waals surface area contributed by atoms with E-state index in [0.29, 0.717) is 6.42 Å². The average molecular weight is 339 g/mol. The molecule has 2 atom stereocenters.